The second kappa shape index (κ2) is 8.31. The van der Waals surface area contributed by atoms with Crippen molar-refractivity contribution in [2.45, 2.75) is 76.2 Å². The second-order valence-electron chi connectivity index (χ2n) is 11.6. The van der Waals surface area contributed by atoms with E-state index in [1.54, 1.807) is 6.33 Å². The molecule has 3 aliphatic rings. The van der Waals surface area contributed by atoms with Crippen LogP contribution in [0.2, 0.25) is 0 Å². The maximum atomic E-state index is 6.41. The lowest BCUT2D eigenvalue weighted by molar-refractivity contribution is -0.0597. The minimum absolute atomic E-state index is 0.0443. The number of anilines is 1. The van der Waals surface area contributed by atoms with Gasteiger partial charge in [0.05, 0.1) is 11.0 Å². The van der Waals surface area contributed by atoms with Crippen LogP contribution < -0.4 is 10.5 Å². The van der Waals surface area contributed by atoms with E-state index >= 15 is 0 Å². The molecule has 0 spiro atoms. The predicted octanol–water partition coefficient (Wildman–Crippen LogP) is 5.32. The monoisotopic (exact) mass is 498 g/mol. The van der Waals surface area contributed by atoms with Crippen molar-refractivity contribution in [3.8, 4) is 16.9 Å². The van der Waals surface area contributed by atoms with E-state index in [-0.39, 0.29) is 11.2 Å². The summed E-state index contributed by atoms with van der Waals surface area (Å²) in [6.45, 7) is 5.90. The molecule has 0 unspecified atom stereocenters. The normalized spacial score (nSPS) is 28.6. The van der Waals surface area contributed by atoms with Gasteiger partial charge < -0.3 is 24.3 Å². The van der Waals surface area contributed by atoms with Crippen molar-refractivity contribution in [3.05, 3.63) is 55.0 Å². The number of hydrogen-bond acceptors (Lipinski definition) is 6. The van der Waals surface area contributed by atoms with Gasteiger partial charge in [-0.15, -0.1) is 0 Å². The fourth-order valence-corrected chi connectivity index (χ4v) is 6.66. The largest absolute Gasteiger partial charge is 0.491 e. The van der Waals surface area contributed by atoms with Gasteiger partial charge in [0.15, 0.2) is 0 Å². The highest BCUT2D eigenvalue weighted by Gasteiger charge is 2.53. The van der Waals surface area contributed by atoms with Crippen molar-refractivity contribution in [2.75, 3.05) is 12.3 Å². The Morgan fingerprint density at radius 1 is 1.14 bits per heavy atom. The lowest BCUT2D eigenvalue weighted by Gasteiger charge is -2.37. The van der Waals surface area contributed by atoms with E-state index < -0.39 is 0 Å². The van der Waals surface area contributed by atoms with Crippen LogP contribution in [0.1, 0.15) is 57.3 Å². The van der Waals surface area contributed by atoms with Crippen LogP contribution in [-0.4, -0.2) is 41.9 Å². The fraction of sp³-hybridized carbons (Fsp3) is 0.483. The maximum absolute atomic E-state index is 6.41. The Bertz CT molecular complexity index is 1460. The molecule has 5 heterocycles. The van der Waals surface area contributed by atoms with Crippen LogP contribution in [-0.2, 0) is 11.3 Å². The number of rotatable bonds is 7. The first-order chi connectivity index (χ1) is 17.9. The van der Waals surface area contributed by atoms with Gasteiger partial charge in [-0.25, -0.2) is 15.0 Å². The van der Waals surface area contributed by atoms with E-state index in [1.807, 2.05) is 18.3 Å². The van der Waals surface area contributed by atoms with Gasteiger partial charge in [-0.1, -0.05) is 12.1 Å². The van der Waals surface area contributed by atoms with E-state index in [1.165, 1.54) is 0 Å². The minimum atomic E-state index is -0.130. The zero-order valence-corrected chi connectivity index (χ0v) is 21.6. The van der Waals surface area contributed by atoms with Crippen LogP contribution >= 0.6 is 0 Å². The molecule has 3 fully saturated rings. The molecule has 8 heteroatoms. The molecular formula is C29H34N6O2. The molecule has 0 atom stereocenters. The Labute approximate surface area is 216 Å². The molecule has 7 rings (SSSR count). The van der Waals surface area contributed by atoms with Crippen LogP contribution in [0, 0.1) is 12.8 Å². The molecule has 2 N–H and O–H groups in total. The first-order valence-corrected chi connectivity index (χ1v) is 13.4. The number of nitrogens with two attached hydrogens (primary N) is 1. The Balaban J connectivity index is 1.13. The molecule has 2 aliphatic heterocycles. The molecule has 1 saturated carbocycles. The number of aromatic nitrogens is 5. The van der Waals surface area contributed by atoms with Crippen molar-refractivity contribution >= 4 is 16.9 Å². The Hall–Kier alpha value is -3.39. The summed E-state index contributed by atoms with van der Waals surface area (Å²) < 4.78 is 17.3. The Morgan fingerprint density at radius 2 is 1.97 bits per heavy atom. The zero-order valence-electron chi connectivity index (χ0n) is 21.6. The van der Waals surface area contributed by atoms with E-state index in [4.69, 9.17) is 15.2 Å². The summed E-state index contributed by atoms with van der Waals surface area (Å²) >= 11 is 0. The van der Waals surface area contributed by atoms with E-state index in [9.17, 15) is 0 Å². The van der Waals surface area contributed by atoms with Crippen LogP contribution in [0.25, 0.3) is 22.2 Å². The molecule has 0 radical (unpaired) electrons. The Morgan fingerprint density at radius 3 is 2.70 bits per heavy atom. The van der Waals surface area contributed by atoms with Crippen LogP contribution in [0.5, 0.6) is 5.75 Å². The molecule has 192 valence electrons. The smallest absolute Gasteiger partial charge is 0.146 e. The molecule has 8 nitrogen and oxygen atoms in total. The zero-order chi connectivity index (χ0) is 25.2. The number of imidazole rings is 1. The molecule has 37 heavy (non-hydrogen) atoms. The van der Waals surface area contributed by atoms with Gasteiger partial charge in [0.1, 0.15) is 41.6 Å². The highest BCUT2D eigenvalue weighted by atomic mass is 16.6. The first-order valence-electron chi connectivity index (χ1n) is 13.4. The number of nitrogen functional groups attached to an aromatic ring is 1. The van der Waals surface area contributed by atoms with Crippen molar-refractivity contribution in [1.29, 1.82) is 0 Å². The van der Waals surface area contributed by atoms with Crippen LogP contribution in [0.15, 0.2) is 49.2 Å². The van der Waals surface area contributed by atoms with Gasteiger partial charge in [-0.3, -0.25) is 0 Å². The molecule has 3 aromatic heterocycles. The number of ether oxygens (including phenoxy) is 2. The number of nitrogens with zero attached hydrogens (tertiary/aromatic N) is 5. The summed E-state index contributed by atoms with van der Waals surface area (Å²) in [5, 5.41) is 0.915. The van der Waals surface area contributed by atoms with Crippen molar-refractivity contribution < 1.29 is 9.47 Å². The lowest BCUT2D eigenvalue weighted by atomic mass is 9.80. The average molecular weight is 499 g/mol. The van der Waals surface area contributed by atoms with Crippen molar-refractivity contribution in [3.63, 3.8) is 0 Å². The number of fused-ring (bicyclic) bond motifs is 3. The van der Waals surface area contributed by atoms with Gasteiger partial charge in [-0.05, 0) is 76.0 Å². The molecule has 1 aromatic carbocycles. The van der Waals surface area contributed by atoms with Crippen molar-refractivity contribution in [1.82, 2.24) is 24.1 Å². The maximum Gasteiger partial charge on any atom is 0.146 e. The SMILES string of the molecule is Cc1nccn1CC1CC(n2cc(-c3cccc(OCC45CCC(C)(CC4)O5)c3)c3c(N)ncnc32)C1. The van der Waals surface area contributed by atoms with E-state index in [0.29, 0.717) is 24.4 Å². The molecule has 2 saturated heterocycles. The summed E-state index contributed by atoms with van der Waals surface area (Å²) in [5.41, 5.74) is 9.34. The third-order valence-corrected chi connectivity index (χ3v) is 8.95. The molecule has 0 amide bonds. The fourth-order valence-electron chi connectivity index (χ4n) is 6.66. The highest BCUT2D eigenvalue weighted by molar-refractivity contribution is 6.00. The van der Waals surface area contributed by atoms with Gasteiger partial charge in [-0.2, -0.15) is 0 Å². The van der Waals surface area contributed by atoms with Crippen molar-refractivity contribution in [2.24, 2.45) is 5.92 Å². The lowest BCUT2D eigenvalue weighted by Crippen LogP contribution is -2.32. The summed E-state index contributed by atoms with van der Waals surface area (Å²) in [5.74, 6) is 3.07. The quantitative estimate of drug-likeness (QED) is 0.371. The molecular weight excluding hydrogens is 464 g/mol. The number of benzene rings is 1. The van der Waals surface area contributed by atoms with Gasteiger partial charge in [0.2, 0.25) is 0 Å². The molecule has 2 bridgehead atoms. The van der Waals surface area contributed by atoms with E-state index in [2.05, 4.69) is 62.5 Å². The first kappa shape index (κ1) is 22.8. The average Bonchev–Trinajstić information content (AvgIpc) is 3.62. The van der Waals surface area contributed by atoms with Gasteiger partial charge in [0.25, 0.3) is 0 Å². The van der Waals surface area contributed by atoms with E-state index in [0.717, 1.165) is 78.8 Å². The highest BCUT2D eigenvalue weighted by Crippen LogP contribution is 2.50. The summed E-state index contributed by atoms with van der Waals surface area (Å²) in [6, 6.07) is 8.69. The second-order valence-corrected chi connectivity index (χ2v) is 11.6. The van der Waals surface area contributed by atoms with Gasteiger partial charge >= 0.3 is 0 Å². The van der Waals surface area contributed by atoms with Crippen LogP contribution in [0.4, 0.5) is 5.82 Å². The third-order valence-electron chi connectivity index (χ3n) is 8.95. The molecule has 1 aliphatic carbocycles. The standard InChI is InChI=1S/C29H34N6O2/c1-19-31-10-11-34(19)15-20-12-22(13-20)35-16-24(25-26(30)32-18-33-27(25)35)21-4-3-5-23(14-21)36-17-29-8-6-28(2,37-29)7-9-29/h3-5,10-11,14,16,18,20,22H,6-9,12-13,15,17H2,1-2H3,(H2,30,32,33). The van der Waals surface area contributed by atoms with Crippen LogP contribution in [0.3, 0.4) is 0 Å². The summed E-state index contributed by atoms with van der Waals surface area (Å²) in [7, 11) is 0. The minimum Gasteiger partial charge on any atom is -0.491 e. The number of aryl methyl sites for hydroxylation is 1. The third kappa shape index (κ3) is 3.89. The number of hydrogen-bond donors (Lipinski definition) is 1. The predicted molar refractivity (Wildman–Crippen MR) is 142 cm³/mol. The topological polar surface area (TPSA) is 93.0 Å². The Kier molecular flexibility index (Phi) is 5.12. The summed E-state index contributed by atoms with van der Waals surface area (Å²) in [4.78, 5) is 13.3. The van der Waals surface area contributed by atoms with Gasteiger partial charge in [0, 0.05) is 36.7 Å². The molecule has 4 aromatic rings. The summed E-state index contributed by atoms with van der Waals surface area (Å²) in [6.07, 6.45) is 14.3.